The lowest BCUT2D eigenvalue weighted by Crippen LogP contribution is -2.55. The third-order valence-corrected chi connectivity index (χ3v) is 5.33. The van der Waals surface area contributed by atoms with Gasteiger partial charge in [-0.25, -0.2) is 9.37 Å². The molecule has 1 aliphatic rings. The molecule has 2 N–H and O–H groups in total. The van der Waals surface area contributed by atoms with Gasteiger partial charge in [0.25, 0.3) is 0 Å². The summed E-state index contributed by atoms with van der Waals surface area (Å²) in [5.74, 6) is 0.436. The van der Waals surface area contributed by atoms with Crippen LogP contribution in [0.3, 0.4) is 0 Å². The molecule has 1 aliphatic heterocycles. The molecular weight excluding hydrogens is 317 g/mol. The van der Waals surface area contributed by atoms with Crippen LogP contribution in [-0.2, 0) is 6.42 Å². The largest absolute Gasteiger partial charge is 0.396 e. The summed E-state index contributed by atoms with van der Waals surface area (Å²) in [5.41, 5.74) is 0.213. The van der Waals surface area contributed by atoms with Gasteiger partial charge in [0.1, 0.15) is 11.6 Å². The lowest BCUT2D eigenvalue weighted by molar-refractivity contribution is -0.0291. The second-order valence-electron chi connectivity index (χ2n) is 6.17. The van der Waals surface area contributed by atoms with Gasteiger partial charge in [-0.1, -0.05) is 12.1 Å². The Kier molecular flexibility index (Phi) is 4.61. The molecule has 1 aromatic heterocycles. The Morgan fingerprint density at radius 3 is 2.74 bits per heavy atom. The Balaban J connectivity index is 1.83. The van der Waals surface area contributed by atoms with Crippen molar-refractivity contribution in [2.24, 2.45) is 5.41 Å². The lowest BCUT2D eigenvalue weighted by atomic mass is 9.73. The zero-order valence-corrected chi connectivity index (χ0v) is 13.8. The van der Waals surface area contributed by atoms with Crippen molar-refractivity contribution >= 4 is 16.7 Å². The highest BCUT2D eigenvalue weighted by Gasteiger charge is 2.43. The minimum absolute atomic E-state index is 0.139. The predicted octanol–water partition coefficient (Wildman–Crippen LogP) is 1.78. The van der Waals surface area contributed by atoms with E-state index in [2.05, 4.69) is 14.3 Å². The van der Waals surface area contributed by atoms with Crippen LogP contribution in [0.4, 0.5) is 9.52 Å². The van der Waals surface area contributed by atoms with E-state index in [1.54, 1.807) is 12.1 Å². The van der Waals surface area contributed by atoms with Crippen molar-refractivity contribution in [2.75, 3.05) is 24.6 Å². The number of benzene rings is 1. The van der Waals surface area contributed by atoms with Crippen LogP contribution in [0, 0.1) is 18.2 Å². The standard InChI is InChI=1S/C16H20FN3O2S/c1-11-18-15(23-19-11)20-7-6-14(22)16(9-20,10-21)8-12-2-4-13(17)5-3-12/h2-5,14,21-22H,6-10H2,1H3/t14-,16-/m0/s1. The summed E-state index contributed by atoms with van der Waals surface area (Å²) in [6.45, 7) is 2.88. The van der Waals surface area contributed by atoms with Crippen molar-refractivity contribution in [3.05, 3.63) is 41.5 Å². The van der Waals surface area contributed by atoms with Crippen LogP contribution in [0.1, 0.15) is 17.8 Å². The second kappa shape index (κ2) is 6.51. The normalized spacial score (nSPS) is 24.9. The fourth-order valence-corrected chi connectivity index (χ4v) is 3.82. The number of rotatable bonds is 4. The minimum atomic E-state index is -0.685. The molecule has 0 aliphatic carbocycles. The van der Waals surface area contributed by atoms with Gasteiger partial charge in [0, 0.05) is 30.0 Å². The summed E-state index contributed by atoms with van der Waals surface area (Å²) in [4.78, 5) is 6.46. The molecule has 7 heteroatoms. The molecule has 5 nitrogen and oxygen atoms in total. The first-order chi connectivity index (χ1) is 11.0. The van der Waals surface area contributed by atoms with E-state index in [9.17, 15) is 14.6 Å². The quantitative estimate of drug-likeness (QED) is 0.890. The molecule has 2 atom stereocenters. The molecular formula is C16H20FN3O2S. The predicted molar refractivity (Wildman–Crippen MR) is 87.1 cm³/mol. The molecule has 2 aromatic rings. The van der Waals surface area contributed by atoms with Crippen molar-refractivity contribution in [2.45, 2.75) is 25.9 Å². The maximum atomic E-state index is 13.1. The summed E-state index contributed by atoms with van der Waals surface area (Å²) in [5, 5.41) is 21.3. The van der Waals surface area contributed by atoms with Crippen molar-refractivity contribution in [1.29, 1.82) is 0 Å². The van der Waals surface area contributed by atoms with Crippen LogP contribution in [0.15, 0.2) is 24.3 Å². The molecule has 1 aromatic carbocycles. The van der Waals surface area contributed by atoms with Gasteiger partial charge in [0.05, 0.1) is 12.7 Å². The number of anilines is 1. The highest BCUT2D eigenvalue weighted by atomic mass is 32.1. The molecule has 1 saturated heterocycles. The van der Waals surface area contributed by atoms with Crippen molar-refractivity contribution < 1.29 is 14.6 Å². The van der Waals surface area contributed by atoms with Crippen LogP contribution >= 0.6 is 11.5 Å². The average Bonchev–Trinajstić information content (AvgIpc) is 2.98. The van der Waals surface area contributed by atoms with Crippen LogP contribution in [0.2, 0.25) is 0 Å². The summed E-state index contributed by atoms with van der Waals surface area (Å²) in [6, 6.07) is 6.21. The van der Waals surface area contributed by atoms with E-state index >= 15 is 0 Å². The highest BCUT2D eigenvalue weighted by molar-refractivity contribution is 7.09. The number of hydrogen-bond donors (Lipinski definition) is 2. The molecule has 0 saturated carbocycles. The topological polar surface area (TPSA) is 69.5 Å². The van der Waals surface area contributed by atoms with E-state index in [1.807, 2.05) is 6.92 Å². The van der Waals surface area contributed by atoms with E-state index in [1.165, 1.54) is 23.7 Å². The van der Waals surface area contributed by atoms with E-state index < -0.39 is 11.5 Å². The number of aromatic nitrogens is 2. The Hall–Kier alpha value is -1.57. The van der Waals surface area contributed by atoms with E-state index in [-0.39, 0.29) is 12.4 Å². The molecule has 1 fully saturated rings. The van der Waals surface area contributed by atoms with E-state index in [4.69, 9.17) is 0 Å². The average molecular weight is 337 g/mol. The van der Waals surface area contributed by atoms with E-state index in [0.717, 1.165) is 16.5 Å². The van der Waals surface area contributed by atoms with Crippen molar-refractivity contribution in [1.82, 2.24) is 9.36 Å². The van der Waals surface area contributed by atoms with Gasteiger partial charge in [0.15, 0.2) is 0 Å². The fourth-order valence-electron chi connectivity index (χ4n) is 3.12. The maximum Gasteiger partial charge on any atom is 0.205 e. The third kappa shape index (κ3) is 3.36. The Labute approximate surface area is 138 Å². The van der Waals surface area contributed by atoms with Crippen molar-refractivity contribution in [3.8, 4) is 0 Å². The summed E-state index contributed by atoms with van der Waals surface area (Å²) in [6.07, 6.45) is 0.433. The summed E-state index contributed by atoms with van der Waals surface area (Å²) < 4.78 is 17.3. The molecule has 23 heavy (non-hydrogen) atoms. The molecule has 2 heterocycles. The van der Waals surface area contributed by atoms with Crippen molar-refractivity contribution in [3.63, 3.8) is 0 Å². The second-order valence-corrected chi connectivity index (χ2v) is 6.90. The van der Waals surface area contributed by atoms with Crippen LogP contribution < -0.4 is 4.90 Å². The molecule has 124 valence electrons. The number of halogens is 1. The maximum absolute atomic E-state index is 13.1. The van der Waals surface area contributed by atoms with Crippen LogP contribution in [0.5, 0.6) is 0 Å². The first-order valence-corrected chi connectivity index (χ1v) is 8.38. The Bertz CT molecular complexity index is 664. The van der Waals surface area contributed by atoms with Gasteiger partial charge < -0.3 is 15.1 Å². The van der Waals surface area contributed by atoms with Crippen LogP contribution in [-0.4, -0.2) is 45.4 Å². The van der Waals surface area contributed by atoms with Gasteiger partial charge in [0.2, 0.25) is 5.13 Å². The van der Waals surface area contributed by atoms with Gasteiger partial charge in [-0.05, 0) is 37.5 Å². The third-order valence-electron chi connectivity index (χ3n) is 4.46. The van der Waals surface area contributed by atoms with Crippen LogP contribution in [0.25, 0.3) is 0 Å². The zero-order chi connectivity index (χ0) is 16.4. The number of aliphatic hydroxyl groups excluding tert-OH is 2. The smallest absolute Gasteiger partial charge is 0.205 e. The molecule has 0 radical (unpaired) electrons. The van der Waals surface area contributed by atoms with Gasteiger partial charge in [-0.2, -0.15) is 4.37 Å². The fraction of sp³-hybridized carbons (Fsp3) is 0.500. The van der Waals surface area contributed by atoms with Gasteiger partial charge >= 0.3 is 0 Å². The molecule has 3 rings (SSSR count). The van der Waals surface area contributed by atoms with Gasteiger partial charge in [-0.3, -0.25) is 0 Å². The molecule has 0 unspecified atom stereocenters. The minimum Gasteiger partial charge on any atom is -0.396 e. The number of piperidine rings is 1. The zero-order valence-electron chi connectivity index (χ0n) is 12.9. The molecule has 0 amide bonds. The summed E-state index contributed by atoms with van der Waals surface area (Å²) in [7, 11) is 0. The number of nitrogens with zero attached hydrogens (tertiary/aromatic N) is 3. The first kappa shape index (κ1) is 16.3. The first-order valence-electron chi connectivity index (χ1n) is 7.61. The lowest BCUT2D eigenvalue weighted by Gasteiger charge is -2.45. The molecule has 0 bridgehead atoms. The molecule has 0 spiro atoms. The summed E-state index contributed by atoms with van der Waals surface area (Å²) >= 11 is 1.33. The van der Waals surface area contributed by atoms with E-state index in [0.29, 0.717) is 25.9 Å². The number of aryl methyl sites for hydroxylation is 1. The number of aliphatic hydroxyl groups is 2. The Morgan fingerprint density at radius 2 is 2.13 bits per heavy atom. The number of hydrogen-bond acceptors (Lipinski definition) is 6. The Morgan fingerprint density at radius 1 is 1.39 bits per heavy atom. The highest BCUT2D eigenvalue weighted by Crippen LogP contribution is 2.36. The van der Waals surface area contributed by atoms with Gasteiger partial charge in [-0.15, -0.1) is 0 Å². The monoisotopic (exact) mass is 337 g/mol. The SMILES string of the molecule is Cc1nsc(N2CC[C@H](O)[C@@](CO)(Cc3ccc(F)cc3)C2)n1.